The summed E-state index contributed by atoms with van der Waals surface area (Å²) < 4.78 is 4.23. The molecule has 0 saturated heterocycles. The number of nitrogens with zero attached hydrogens (tertiary/aromatic N) is 1. The Morgan fingerprint density at radius 1 is 2.00 bits per heavy atom. The van der Waals surface area contributed by atoms with Gasteiger partial charge in [-0.1, -0.05) is 12.7 Å². The van der Waals surface area contributed by atoms with Gasteiger partial charge in [0.25, 0.3) is 0 Å². The smallest absolute Gasteiger partial charge is 0.482 e. The molecule has 8 heavy (non-hydrogen) atoms. The highest BCUT2D eigenvalue weighted by Crippen LogP contribution is 1.80. The van der Waals surface area contributed by atoms with Crippen LogP contribution in [0.5, 0.6) is 0 Å². The Labute approximate surface area is 47.4 Å². The van der Waals surface area contributed by atoms with Crippen molar-refractivity contribution in [3.63, 3.8) is 0 Å². The molecule has 0 aliphatic heterocycles. The third-order valence-corrected chi connectivity index (χ3v) is 0.416. The van der Waals surface area contributed by atoms with E-state index in [-0.39, 0.29) is 6.61 Å². The van der Waals surface area contributed by atoms with Gasteiger partial charge in [-0.05, 0) is 0 Å². The van der Waals surface area contributed by atoms with E-state index in [1.165, 1.54) is 6.08 Å². The average molecular weight is 111 g/mol. The summed E-state index contributed by atoms with van der Waals surface area (Å²) in [6.45, 7) is 9.50. The first-order valence-electron chi connectivity index (χ1n) is 1.96. The topological polar surface area (TPSA) is 30.7 Å². The summed E-state index contributed by atoms with van der Waals surface area (Å²) in [5.74, 6) is 0. The maximum absolute atomic E-state index is 9.95. The fraction of sp³-hybridized carbons (Fsp3) is 0.200. The van der Waals surface area contributed by atoms with Gasteiger partial charge in [-0.2, -0.15) is 4.85 Å². The van der Waals surface area contributed by atoms with Crippen molar-refractivity contribution in [3.05, 3.63) is 24.1 Å². The van der Waals surface area contributed by atoms with Crippen LogP contribution in [-0.4, -0.2) is 12.7 Å². The molecule has 0 atom stereocenters. The molecule has 0 heterocycles. The van der Waals surface area contributed by atoms with Gasteiger partial charge < -0.3 is 4.74 Å². The van der Waals surface area contributed by atoms with Crippen LogP contribution >= 0.6 is 0 Å². The van der Waals surface area contributed by atoms with Crippen LogP contribution in [-0.2, 0) is 4.74 Å². The van der Waals surface area contributed by atoms with Crippen molar-refractivity contribution < 1.29 is 9.53 Å². The van der Waals surface area contributed by atoms with Crippen LogP contribution in [0.1, 0.15) is 0 Å². The highest BCUT2D eigenvalue weighted by Gasteiger charge is 1.93. The number of hydrogen-bond donors (Lipinski definition) is 0. The number of hydrogen-bond acceptors (Lipinski definition) is 2. The van der Waals surface area contributed by atoms with Crippen molar-refractivity contribution in [1.82, 2.24) is 0 Å². The van der Waals surface area contributed by atoms with E-state index >= 15 is 0 Å². The molecule has 0 aromatic rings. The van der Waals surface area contributed by atoms with Crippen molar-refractivity contribution in [1.29, 1.82) is 0 Å². The number of amides is 1. The molecule has 3 heteroatoms. The summed E-state index contributed by atoms with van der Waals surface area (Å²) in [7, 11) is 0. The number of carbonyl (C=O) groups excluding carboxylic acids is 1. The van der Waals surface area contributed by atoms with E-state index in [1.54, 1.807) is 0 Å². The molecule has 1 amide bonds. The summed E-state index contributed by atoms with van der Waals surface area (Å²) in [6.07, 6.45) is 0.521. The van der Waals surface area contributed by atoms with Gasteiger partial charge in [-0.3, -0.25) is 4.79 Å². The molecule has 0 aromatic carbocycles. The van der Waals surface area contributed by atoms with Gasteiger partial charge in [0.05, 0.1) is 6.61 Å². The van der Waals surface area contributed by atoms with E-state index in [2.05, 4.69) is 16.2 Å². The molecular formula is C5H5NO2. The molecule has 0 unspecified atom stereocenters. The summed E-state index contributed by atoms with van der Waals surface area (Å²) >= 11 is 0. The highest BCUT2D eigenvalue weighted by molar-refractivity contribution is 5.77. The van der Waals surface area contributed by atoms with Crippen LogP contribution in [0.4, 0.5) is 4.79 Å². The lowest BCUT2D eigenvalue weighted by atomic mass is 10.7. The number of ether oxygens (including phenoxy) is 1. The maximum Gasteiger partial charge on any atom is 0.561 e. The molecule has 0 spiro atoms. The van der Waals surface area contributed by atoms with Crippen molar-refractivity contribution >= 4 is 6.09 Å². The first kappa shape index (κ1) is 6.70. The van der Waals surface area contributed by atoms with Crippen LogP contribution in [0.2, 0.25) is 0 Å². The Morgan fingerprint density at radius 2 is 2.62 bits per heavy atom. The van der Waals surface area contributed by atoms with E-state index in [9.17, 15) is 4.79 Å². The molecule has 0 rings (SSSR count). The van der Waals surface area contributed by atoms with Gasteiger partial charge in [-0.25, -0.2) is 0 Å². The van der Waals surface area contributed by atoms with E-state index < -0.39 is 6.09 Å². The third kappa shape index (κ3) is 2.91. The standard InChI is InChI=1S/C5H5NO2/c1-3-4-8-5(7)6-2/h3H,1,4H2. The van der Waals surface area contributed by atoms with Crippen LogP contribution in [0.25, 0.3) is 4.85 Å². The van der Waals surface area contributed by atoms with Crippen LogP contribution in [0, 0.1) is 6.57 Å². The second kappa shape index (κ2) is 3.88. The Bertz CT molecular complexity index is 134. The minimum atomic E-state index is -0.884. The van der Waals surface area contributed by atoms with Crippen molar-refractivity contribution in [2.75, 3.05) is 6.61 Å². The second-order valence-electron chi connectivity index (χ2n) is 0.977. The number of rotatable bonds is 2. The predicted molar refractivity (Wildman–Crippen MR) is 28.1 cm³/mol. The highest BCUT2D eigenvalue weighted by atomic mass is 16.5. The van der Waals surface area contributed by atoms with Gasteiger partial charge in [0, 0.05) is 0 Å². The Balaban J connectivity index is 3.29. The van der Waals surface area contributed by atoms with Gasteiger partial charge in [0.1, 0.15) is 6.57 Å². The van der Waals surface area contributed by atoms with Crippen LogP contribution in [0.3, 0.4) is 0 Å². The Morgan fingerprint density at radius 3 is 3.00 bits per heavy atom. The monoisotopic (exact) mass is 111 g/mol. The van der Waals surface area contributed by atoms with Crippen LogP contribution < -0.4 is 0 Å². The molecule has 0 saturated carbocycles. The molecule has 0 radical (unpaired) electrons. The molecule has 0 aromatic heterocycles. The maximum atomic E-state index is 9.95. The molecule has 42 valence electrons. The Hall–Kier alpha value is -1.30. The third-order valence-electron chi connectivity index (χ3n) is 0.416. The van der Waals surface area contributed by atoms with E-state index in [1.807, 2.05) is 0 Å². The van der Waals surface area contributed by atoms with Crippen molar-refractivity contribution in [3.8, 4) is 0 Å². The lowest BCUT2D eigenvalue weighted by Gasteiger charge is -1.89. The minimum Gasteiger partial charge on any atom is -0.482 e. The first-order chi connectivity index (χ1) is 3.81. The fourth-order valence-corrected chi connectivity index (χ4v) is 0.162. The zero-order valence-electron chi connectivity index (χ0n) is 4.26. The fourth-order valence-electron chi connectivity index (χ4n) is 0.162. The van der Waals surface area contributed by atoms with E-state index in [4.69, 9.17) is 6.57 Å². The second-order valence-corrected chi connectivity index (χ2v) is 0.977. The summed E-state index contributed by atoms with van der Waals surface area (Å²) in [6, 6.07) is 0. The van der Waals surface area contributed by atoms with Gasteiger partial charge >= 0.3 is 6.09 Å². The first-order valence-corrected chi connectivity index (χ1v) is 1.96. The van der Waals surface area contributed by atoms with Gasteiger partial charge in [0.15, 0.2) is 0 Å². The molecule has 0 fully saturated rings. The zero-order valence-corrected chi connectivity index (χ0v) is 4.26. The van der Waals surface area contributed by atoms with Gasteiger partial charge in [-0.15, -0.1) is 0 Å². The summed E-state index contributed by atoms with van der Waals surface area (Å²) in [5, 5.41) is 0. The summed E-state index contributed by atoms with van der Waals surface area (Å²) in [5.41, 5.74) is 0. The van der Waals surface area contributed by atoms with E-state index in [0.717, 1.165) is 0 Å². The van der Waals surface area contributed by atoms with Crippen molar-refractivity contribution in [2.45, 2.75) is 0 Å². The molecule has 0 N–H and O–H groups in total. The largest absolute Gasteiger partial charge is 0.561 e. The SMILES string of the molecule is [C-]#[N+]C(=O)OCC=C. The lowest BCUT2D eigenvalue weighted by molar-refractivity contribution is 0.178. The molecule has 0 aliphatic carbocycles. The summed E-state index contributed by atoms with van der Waals surface area (Å²) in [4.78, 5) is 12.4. The normalized spacial score (nSPS) is 6.88. The van der Waals surface area contributed by atoms with Gasteiger partial charge in [0.2, 0.25) is 0 Å². The average Bonchev–Trinajstić information content (AvgIpc) is 1.83. The molecular weight excluding hydrogens is 106 g/mol. The predicted octanol–water partition coefficient (Wildman–Crippen LogP) is 1.23. The molecule has 3 nitrogen and oxygen atoms in total. The van der Waals surface area contributed by atoms with Crippen molar-refractivity contribution in [2.24, 2.45) is 0 Å². The quantitative estimate of drug-likeness (QED) is 0.396. The number of carbonyl (C=O) groups is 1. The minimum absolute atomic E-state index is 0.112. The zero-order chi connectivity index (χ0) is 6.41. The van der Waals surface area contributed by atoms with E-state index in [0.29, 0.717) is 0 Å². The Kier molecular flexibility index (Phi) is 3.25. The van der Waals surface area contributed by atoms with Crippen LogP contribution in [0.15, 0.2) is 12.7 Å². The molecule has 0 bridgehead atoms. The molecule has 0 aliphatic rings. The lowest BCUT2D eigenvalue weighted by Crippen LogP contribution is -1.94.